The van der Waals surface area contributed by atoms with Gasteiger partial charge in [-0.05, 0) is 43.7 Å². The summed E-state index contributed by atoms with van der Waals surface area (Å²) in [6, 6.07) is 3.94. The van der Waals surface area contributed by atoms with E-state index in [1.54, 1.807) is 0 Å². The summed E-state index contributed by atoms with van der Waals surface area (Å²) in [4.78, 5) is 25.6. The maximum absolute atomic E-state index is 11.8. The van der Waals surface area contributed by atoms with Crippen LogP contribution in [0.2, 0.25) is 0 Å². The number of fused-ring (bicyclic) bond motifs is 1. The molecule has 1 fully saturated rings. The predicted molar refractivity (Wildman–Crippen MR) is 118 cm³/mol. The second-order valence-corrected chi connectivity index (χ2v) is 8.96. The van der Waals surface area contributed by atoms with Crippen molar-refractivity contribution in [3.8, 4) is 5.75 Å². The van der Waals surface area contributed by atoms with Crippen LogP contribution in [0.15, 0.2) is 12.1 Å². The van der Waals surface area contributed by atoms with E-state index in [4.69, 9.17) is 9.47 Å². The van der Waals surface area contributed by atoms with E-state index < -0.39 is 6.10 Å². The number of benzene rings is 1. The van der Waals surface area contributed by atoms with Gasteiger partial charge in [-0.3, -0.25) is 4.79 Å². The van der Waals surface area contributed by atoms with Gasteiger partial charge in [0.2, 0.25) is 5.91 Å². The third-order valence-electron chi connectivity index (χ3n) is 5.68. The van der Waals surface area contributed by atoms with Gasteiger partial charge < -0.3 is 30.1 Å². The number of aliphatic hydroxyl groups excluding tert-OH is 1. The molecule has 1 aromatic carbocycles. The Balaban J connectivity index is 1.41. The average Bonchev–Trinajstić information content (AvgIpc) is 2.73. The van der Waals surface area contributed by atoms with Crippen molar-refractivity contribution in [2.75, 3.05) is 38.2 Å². The Morgan fingerprint density at radius 3 is 2.71 bits per heavy atom. The molecule has 2 amide bonds. The number of hydrogen-bond acceptors (Lipinski definition) is 6. The summed E-state index contributed by atoms with van der Waals surface area (Å²) < 4.78 is 11.2. The lowest BCUT2D eigenvalue weighted by molar-refractivity contribution is -0.116. The molecule has 8 heteroatoms. The average molecular weight is 434 g/mol. The second-order valence-electron chi connectivity index (χ2n) is 8.96. The van der Waals surface area contributed by atoms with Gasteiger partial charge in [-0.1, -0.05) is 19.9 Å². The maximum atomic E-state index is 11.8. The van der Waals surface area contributed by atoms with Gasteiger partial charge in [-0.15, -0.1) is 0 Å². The third kappa shape index (κ3) is 6.83. The number of ether oxygens (including phenoxy) is 2. The predicted octanol–water partition coefficient (Wildman–Crippen LogP) is 2.47. The van der Waals surface area contributed by atoms with Crippen molar-refractivity contribution in [1.82, 2.24) is 10.2 Å². The van der Waals surface area contributed by atoms with Crippen molar-refractivity contribution in [3.05, 3.63) is 23.3 Å². The van der Waals surface area contributed by atoms with Gasteiger partial charge in [0.15, 0.2) is 0 Å². The van der Waals surface area contributed by atoms with Gasteiger partial charge in [0.05, 0.1) is 6.61 Å². The number of piperidine rings is 1. The minimum Gasteiger partial charge on any atom is -0.490 e. The van der Waals surface area contributed by atoms with Crippen molar-refractivity contribution in [3.63, 3.8) is 0 Å². The van der Waals surface area contributed by atoms with E-state index in [2.05, 4.69) is 15.5 Å². The molecule has 0 bridgehead atoms. The first kappa shape index (κ1) is 23.3. The van der Waals surface area contributed by atoms with Crippen LogP contribution < -0.4 is 15.4 Å². The van der Waals surface area contributed by atoms with Gasteiger partial charge >= 0.3 is 6.09 Å². The summed E-state index contributed by atoms with van der Waals surface area (Å²) in [6.45, 7) is 8.74. The highest BCUT2D eigenvalue weighted by Gasteiger charge is 2.24. The number of aliphatic hydroxyl groups is 1. The standard InChI is InChI=1S/C23H35N3O5/c1-15(2)13-31-23(29)24-17-8-10-26(11-9-17)12-18(27)14-30-22-16(3)4-6-20-19(22)5-7-21(28)25-20/h4,6,15,17-18,27H,5,7-14H2,1-3H3,(H,24,29)(H,25,28). The summed E-state index contributed by atoms with van der Waals surface area (Å²) in [5.41, 5.74) is 2.80. The number of rotatable bonds is 8. The molecule has 1 unspecified atom stereocenters. The monoisotopic (exact) mass is 433 g/mol. The molecule has 0 spiro atoms. The van der Waals surface area contributed by atoms with Gasteiger partial charge in [0, 0.05) is 43.3 Å². The van der Waals surface area contributed by atoms with E-state index in [-0.39, 0.29) is 24.6 Å². The second kappa shape index (κ2) is 10.8. The molecule has 172 valence electrons. The number of likely N-dealkylation sites (tertiary alicyclic amines) is 1. The fraction of sp³-hybridized carbons (Fsp3) is 0.652. The molecular formula is C23H35N3O5. The zero-order chi connectivity index (χ0) is 22.4. The van der Waals surface area contributed by atoms with Crippen LogP contribution in [0.3, 0.4) is 0 Å². The highest BCUT2D eigenvalue weighted by atomic mass is 16.5. The van der Waals surface area contributed by atoms with Gasteiger partial charge in [-0.25, -0.2) is 4.79 Å². The number of β-amino-alcohol motifs (C(OH)–C–C–N with tert-alkyl or cyclic N) is 1. The van der Waals surface area contributed by atoms with Crippen LogP contribution in [0.5, 0.6) is 5.75 Å². The first-order valence-electron chi connectivity index (χ1n) is 11.2. The first-order valence-corrected chi connectivity index (χ1v) is 11.2. The van der Waals surface area contributed by atoms with Crippen LogP contribution in [0.1, 0.15) is 44.2 Å². The molecule has 0 saturated carbocycles. The number of anilines is 1. The molecule has 3 rings (SSSR count). The summed E-state index contributed by atoms with van der Waals surface area (Å²) >= 11 is 0. The normalized spacial score (nSPS) is 18.3. The molecule has 2 aliphatic rings. The van der Waals surface area contributed by atoms with E-state index in [9.17, 15) is 14.7 Å². The van der Waals surface area contributed by atoms with E-state index >= 15 is 0 Å². The van der Waals surface area contributed by atoms with Crippen LogP contribution in [-0.2, 0) is 16.0 Å². The fourth-order valence-corrected chi connectivity index (χ4v) is 4.00. The number of alkyl carbamates (subject to hydrolysis) is 1. The Hall–Kier alpha value is -2.32. The van der Waals surface area contributed by atoms with Crippen LogP contribution in [0, 0.1) is 12.8 Å². The molecule has 0 aromatic heterocycles. The smallest absolute Gasteiger partial charge is 0.407 e. The van der Waals surface area contributed by atoms with Crippen molar-refractivity contribution in [2.24, 2.45) is 5.92 Å². The Kier molecular flexibility index (Phi) is 8.15. The maximum Gasteiger partial charge on any atom is 0.407 e. The Morgan fingerprint density at radius 2 is 2.00 bits per heavy atom. The van der Waals surface area contributed by atoms with Gasteiger partial charge in [0.1, 0.15) is 18.5 Å². The van der Waals surface area contributed by atoms with Crippen molar-refractivity contribution in [2.45, 2.75) is 58.6 Å². The zero-order valence-electron chi connectivity index (χ0n) is 18.8. The number of hydrogen-bond donors (Lipinski definition) is 3. The molecule has 8 nitrogen and oxygen atoms in total. The molecule has 1 saturated heterocycles. The summed E-state index contributed by atoms with van der Waals surface area (Å²) in [5.74, 6) is 1.10. The molecule has 2 heterocycles. The molecule has 1 atom stereocenters. The topological polar surface area (TPSA) is 100 Å². The Labute approximate surface area is 184 Å². The van der Waals surface area contributed by atoms with Crippen molar-refractivity contribution >= 4 is 17.7 Å². The number of amides is 2. The van der Waals surface area contributed by atoms with Crippen LogP contribution in [0.25, 0.3) is 0 Å². The van der Waals surface area contributed by atoms with Crippen LogP contribution in [-0.4, -0.2) is 67.0 Å². The van der Waals surface area contributed by atoms with Gasteiger partial charge in [0.25, 0.3) is 0 Å². The lowest BCUT2D eigenvalue weighted by atomic mass is 9.99. The molecule has 31 heavy (non-hydrogen) atoms. The summed E-state index contributed by atoms with van der Waals surface area (Å²) in [6.07, 6.45) is 1.79. The zero-order valence-corrected chi connectivity index (χ0v) is 18.8. The molecule has 0 radical (unpaired) electrons. The largest absolute Gasteiger partial charge is 0.490 e. The SMILES string of the molecule is Cc1ccc2c(c1OCC(O)CN1CCC(NC(=O)OCC(C)C)CC1)CCC(=O)N2. The quantitative estimate of drug-likeness (QED) is 0.582. The molecule has 2 aliphatic heterocycles. The molecule has 0 aliphatic carbocycles. The van der Waals surface area contributed by atoms with E-state index in [0.29, 0.717) is 31.9 Å². The molecular weight excluding hydrogens is 398 g/mol. The number of nitrogens with zero attached hydrogens (tertiary/aromatic N) is 1. The van der Waals surface area contributed by atoms with E-state index in [1.165, 1.54) is 0 Å². The number of carbonyl (C=O) groups is 2. The van der Waals surface area contributed by atoms with Crippen LogP contribution in [0.4, 0.5) is 10.5 Å². The van der Waals surface area contributed by atoms with E-state index in [0.717, 1.165) is 48.5 Å². The van der Waals surface area contributed by atoms with Gasteiger partial charge in [-0.2, -0.15) is 0 Å². The lowest BCUT2D eigenvalue weighted by Crippen LogP contribution is -2.47. The molecule has 1 aromatic rings. The third-order valence-corrected chi connectivity index (χ3v) is 5.68. The number of aryl methyl sites for hydroxylation is 1. The van der Waals surface area contributed by atoms with Crippen molar-refractivity contribution < 1.29 is 24.2 Å². The highest BCUT2D eigenvalue weighted by molar-refractivity contribution is 5.94. The van der Waals surface area contributed by atoms with Crippen LogP contribution >= 0.6 is 0 Å². The molecule has 3 N–H and O–H groups in total. The Bertz CT molecular complexity index is 775. The Morgan fingerprint density at radius 1 is 1.26 bits per heavy atom. The summed E-state index contributed by atoms with van der Waals surface area (Å²) in [5, 5.41) is 16.3. The number of carbonyl (C=O) groups excluding carboxylic acids is 2. The lowest BCUT2D eigenvalue weighted by Gasteiger charge is -2.33. The first-order chi connectivity index (χ1) is 14.8. The minimum absolute atomic E-state index is 0.0217. The van der Waals surface area contributed by atoms with E-state index in [1.807, 2.05) is 32.9 Å². The fourth-order valence-electron chi connectivity index (χ4n) is 4.00. The minimum atomic E-state index is -0.617. The van der Waals surface area contributed by atoms with Crippen molar-refractivity contribution in [1.29, 1.82) is 0 Å². The summed E-state index contributed by atoms with van der Waals surface area (Å²) in [7, 11) is 0. The highest BCUT2D eigenvalue weighted by Crippen LogP contribution is 2.34. The number of nitrogens with one attached hydrogen (secondary N) is 2.